The van der Waals surface area contributed by atoms with Crippen LogP contribution < -0.4 is 4.90 Å². The quantitative estimate of drug-likeness (QED) is 0.282. The molecule has 6 heteroatoms. The Bertz CT molecular complexity index is 1060. The van der Waals surface area contributed by atoms with Crippen LogP contribution in [0.15, 0.2) is 66.1 Å². The lowest BCUT2D eigenvalue weighted by atomic mass is 10.1. The van der Waals surface area contributed by atoms with Gasteiger partial charge < -0.3 is 9.64 Å². The molecule has 1 fully saturated rings. The van der Waals surface area contributed by atoms with E-state index in [9.17, 15) is 13.2 Å². The Morgan fingerprint density at radius 2 is 1.61 bits per heavy atom. The fourth-order valence-electron chi connectivity index (χ4n) is 3.81. The van der Waals surface area contributed by atoms with Crippen molar-refractivity contribution >= 4 is 33.6 Å². The van der Waals surface area contributed by atoms with Crippen LogP contribution in [-0.2, 0) is 19.4 Å². The first-order valence-corrected chi connectivity index (χ1v) is 13.1. The standard InChI is InChI=1S/C27H33NO4S/c1-4-21(3)20-33(30,31)26-14-10-23(11-15-26)7-6-22-8-12-24(13-9-22)28-18-16-25(17-19-28)32-27(29)5-2/h5-15,21,25H,2,4,16-20H2,1,3H3/b7-6+. The van der Waals surface area contributed by atoms with E-state index in [1.807, 2.05) is 38.1 Å². The summed E-state index contributed by atoms with van der Waals surface area (Å²) in [4.78, 5) is 14.0. The van der Waals surface area contributed by atoms with Crippen molar-refractivity contribution in [1.29, 1.82) is 0 Å². The minimum absolute atomic E-state index is 0.0367. The first-order valence-electron chi connectivity index (χ1n) is 11.5. The molecule has 1 aliphatic rings. The number of sulfone groups is 1. The van der Waals surface area contributed by atoms with Crippen molar-refractivity contribution in [2.45, 2.75) is 44.1 Å². The molecule has 1 saturated heterocycles. The Morgan fingerprint density at radius 1 is 1.06 bits per heavy atom. The van der Waals surface area contributed by atoms with Crippen LogP contribution in [-0.4, -0.2) is 39.3 Å². The van der Waals surface area contributed by atoms with Gasteiger partial charge in [0.15, 0.2) is 9.84 Å². The van der Waals surface area contributed by atoms with E-state index >= 15 is 0 Å². The van der Waals surface area contributed by atoms with Crippen molar-refractivity contribution in [2.75, 3.05) is 23.7 Å². The van der Waals surface area contributed by atoms with Crippen LogP contribution in [0.5, 0.6) is 0 Å². The third-order valence-electron chi connectivity index (χ3n) is 6.06. The van der Waals surface area contributed by atoms with E-state index in [-0.39, 0.29) is 23.7 Å². The highest BCUT2D eigenvalue weighted by Gasteiger charge is 2.21. The van der Waals surface area contributed by atoms with E-state index in [4.69, 9.17) is 4.74 Å². The molecule has 2 aromatic rings. The maximum Gasteiger partial charge on any atom is 0.330 e. The van der Waals surface area contributed by atoms with Gasteiger partial charge in [0.1, 0.15) is 6.10 Å². The van der Waals surface area contributed by atoms with Crippen molar-refractivity contribution < 1.29 is 17.9 Å². The summed E-state index contributed by atoms with van der Waals surface area (Å²) in [5.74, 6) is -0.0199. The van der Waals surface area contributed by atoms with Crippen molar-refractivity contribution in [3.05, 3.63) is 72.3 Å². The molecule has 0 amide bonds. The van der Waals surface area contributed by atoms with Crippen LogP contribution >= 0.6 is 0 Å². The van der Waals surface area contributed by atoms with Crippen molar-refractivity contribution in [3.63, 3.8) is 0 Å². The number of benzene rings is 2. The average molecular weight is 468 g/mol. The number of ether oxygens (including phenoxy) is 1. The Hall–Kier alpha value is -2.86. The summed E-state index contributed by atoms with van der Waals surface area (Å²) in [6, 6.07) is 15.4. The van der Waals surface area contributed by atoms with Gasteiger partial charge in [0.2, 0.25) is 0 Å². The predicted molar refractivity (Wildman–Crippen MR) is 135 cm³/mol. The lowest BCUT2D eigenvalue weighted by molar-refractivity contribution is -0.143. The van der Waals surface area contributed by atoms with Gasteiger partial charge in [-0.25, -0.2) is 13.2 Å². The molecular formula is C27H33NO4S. The summed E-state index contributed by atoms with van der Waals surface area (Å²) in [7, 11) is -3.24. The molecule has 0 spiro atoms. The number of carbonyl (C=O) groups excluding carboxylic acids is 1. The minimum Gasteiger partial charge on any atom is -0.459 e. The number of anilines is 1. The van der Waals surface area contributed by atoms with E-state index in [0.717, 1.165) is 49.2 Å². The van der Waals surface area contributed by atoms with Gasteiger partial charge in [-0.05, 0) is 41.3 Å². The topological polar surface area (TPSA) is 63.7 Å². The minimum atomic E-state index is -3.24. The average Bonchev–Trinajstić information content (AvgIpc) is 2.83. The predicted octanol–water partition coefficient (Wildman–Crippen LogP) is 5.37. The van der Waals surface area contributed by atoms with E-state index < -0.39 is 9.84 Å². The molecule has 0 saturated carbocycles. The second-order valence-electron chi connectivity index (χ2n) is 8.62. The third kappa shape index (κ3) is 7.06. The van der Waals surface area contributed by atoms with Crippen molar-refractivity contribution in [2.24, 2.45) is 5.92 Å². The first-order chi connectivity index (χ1) is 15.8. The van der Waals surface area contributed by atoms with Crippen LogP contribution in [0.4, 0.5) is 5.69 Å². The lowest BCUT2D eigenvalue weighted by Gasteiger charge is -2.33. The molecular weight excluding hydrogens is 434 g/mol. The highest BCUT2D eigenvalue weighted by molar-refractivity contribution is 7.91. The zero-order valence-corrected chi connectivity index (χ0v) is 20.3. The Kier molecular flexibility index (Phi) is 8.50. The third-order valence-corrected chi connectivity index (χ3v) is 8.06. The Balaban J connectivity index is 1.56. The highest BCUT2D eigenvalue weighted by Crippen LogP contribution is 2.23. The summed E-state index contributed by atoms with van der Waals surface area (Å²) in [5.41, 5.74) is 3.18. The van der Waals surface area contributed by atoms with Gasteiger partial charge in [-0.3, -0.25) is 0 Å². The van der Waals surface area contributed by atoms with Crippen LogP contribution in [0.2, 0.25) is 0 Å². The Morgan fingerprint density at radius 3 is 2.12 bits per heavy atom. The van der Waals surface area contributed by atoms with E-state index in [2.05, 4.69) is 35.7 Å². The van der Waals surface area contributed by atoms with Crippen LogP contribution in [0.25, 0.3) is 12.2 Å². The number of carbonyl (C=O) groups is 1. The van der Waals surface area contributed by atoms with Gasteiger partial charge in [-0.15, -0.1) is 0 Å². The number of rotatable bonds is 9. The number of hydrogen-bond acceptors (Lipinski definition) is 5. The molecule has 1 heterocycles. The summed E-state index contributed by atoms with van der Waals surface area (Å²) in [6.45, 7) is 9.10. The molecule has 176 valence electrons. The molecule has 2 aromatic carbocycles. The first kappa shape index (κ1) is 24.8. The maximum absolute atomic E-state index is 12.5. The van der Waals surface area contributed by atoms with E-state index in [1.165, 1.54) is 6.08 Å². The van der Waals surface area contributed by atoms with Crippen LogP contribution in [0, 0.1) is 5.92 Å². The van der Waals surface area contributed by atoms with Gasteiger partial charge in [-0.1, -0.05) is 63.3 Å². The molecule has 33 heavy (non-hydrogen) atoms. The summed E-state index contributed by atoms with van der Waals surface area (Å²) < 4.78 is 30.3. The molecule has 0 aromatic heterocycles. The smallest absolute Gasteiger partial charge is 0.330 e. The highest BCUT2D eigenvalue weighted by atomic mass is 32.2. The SMILES string of the molecule is C=CC(=O)OC1CCN(c2ccc(/C=C/c3ccc(S(=O)(=O)CC(C)CC)cc3)cc2)CC1. The zero-order chi connectivity index (χ0) is 23.8. The lowest BCUT2D eigenvalue weighted by Crippen LogP contribution is -2.37. The molecule has 0 N–H and O–H groups in total. The number of esters is 1. The molecule has 1 aliphatic heterocycles. The fraction of sp³-hybridized carbons (Fsp3) is 0.370. The van der Waals surface area contributed by atoms with Crippen LogP contribution in [0.1, 0.15) is 44.2 Å². The van der Waals surface area contributed by atoms with Crippen LogP contribution in [0.3, 0.4) is 0 Å². The van der Waals surface area contributed by atoms with Gasteiger partial charge in [0, 0.05) is 37.7 Å². The van der Waals surface area contributed by atoms with Gasteiger partial charge in [-0.2, -0.15) is 0 Å². The fourth-order valence-corrected chi connectivity index (χ4v) is 5.54. The van der Waals surface area contributed by atoms with Crippen molar-refractivity contribution in [1.82, 2.24) is 0 Å². The normalized spacial score (nSPS) is 16.0. The van der Waals surface area contributed by atoms with Gasteiger partial charge in [0.05, 0.1) is 10.6 Å². The molecule has 1 unspecified atom stereocenters. The van der Waals surface area contributed by atoms with E-state index in [0.29, 0.717) is 4.90 Å². The molecule has 3 rings (SSSR count). The van der Waals surface area contributed by atoms with Crippen molar-refractivity contribution in [3.8, 4) is 0 Å². The maximum atomic E-state index is 12.5. The second-order valence-corrected chi connectivity index (χ2v) is 10.7. The number of hydrogen-bond donors (Lipinski definition) is 0. The summed E-state index contributed by atoms with van der Waals surface area (Å²) in [5, 5.41) is 0. The molecule has 0 radical (unpaired) electrons. The van der Waals surface area contributed by atoms with E-state index in [1.54, 1.807) is 12.1 Å². The van der Waals surface area contributed by atoms with Gasteiger partial charge in [0.25, 0.3) is 0 Å². The number of piperidine rings is 1. The second kappa shape index (κ2) is 11.3. The monoisotopic (exact) mass is 467 g/mol. The largest absolute Gasteiger partial charge is 0.459 e. The summed E-state index contributed by atoms with van der Waals surface area (Å²) >= 11 is 0. The van der Waals surface area contributed by atoms with Gasteiger partial charge >= 0.3 is 5.97 Å². The Labute approximate surface area is 197 Å². The molecule has 0 bridgehead atoms. The summed E-state index contributed by atoms with van der Waals surface area (Å²) in [6.07, 6.45) is 7.65. The zero-order valence-electron chi connectivity index (χ0n) is 19.4. The molecule has 5 nitrogen and oxygen atoms in total. The molecule has 1 atom stereocenters. The molecule has 0 aliphatic carbocycles. The number of nitrogens with zero attached hydrogens (tertiary/aromatic N) is 1.